The van der Waals surface area contributed by atoms with E-state index in [1.807, 2.05) is 12.1 Å². The zero-order valence-corrected chi connectivity index (χ0v) is 23.8. The number of carbonyl (C=O) groups is 4. The summed E-state index contributed by atoms with van der Waals surface area (Å²) in [5.41, 5.74) is 0.530. The molecule has 0 saturated carbocycles. The molecule has 42 heavy (non-hydrogen) atoms. The van der Waals surface area contributed by atoms with E-state index < -0.39 is 29.4 Å². The Balaban J connectivity index is 1.70. The van der Waals surface area contributed by atoms with E-state index in [1.165, 1.54) is 35.2 Å². The van der Waals surface area contributed by atoms with E-state index in [-0.39, 0.29) is 23.1 Å². The molecular formula is C33H29NO8. The van der Waals surface area contributed by atoms with E-state index in [4.69, 9.17) is 18.9 Å². The molecule has 9 nitrogen and oxygen atoms in total. The van der Waals surface area contributed by atoms with Gasteiger partial charge in [0, 0.05) is 29.5 Å². The van der Waals surface area contributed by atoms with Crippen molar-refractivity contribution in [2.75, 3.05) is 26.2 Å². The van der Waals surface area contributed by atoms with Crippen LogP contribution in [0.1, 0.15) is 51.6 Å². The van der Waals surface area contributed by atoms with Crippen LogP contribution >= 0.6 is 0 Å². The molecule has 3 atom stereocenters. The topological polar surface area (TPSA) is 108 Å². The number of nitrogens with zero attached hydrogens (tertiary/aromatic N) is 1. The second-order valence-corrected chi connectivity index (χ2v) is 10.6. The van der Waals surface area contributed by atoms with Crippen molar-refractivity contribution in [3.63, 3.8) is 0 Å². The number of rotatable bonds is 6. The predicted molar refractivity (Wildman–Crippen MR) is 154 cm³/mol. The molecule has 2 heterocycles. The lowest BCUT2D eigenvalue weighted by molar-refractivity contribution is -0.131. The minimum atomic E-state index is -1.72. The van der Waals surface area contributed by atoms with Gasteiger partial charge in [0.15, 0.2) is 34.6 Å². The Labute approximate surface area is 242 Å². The monoisotopic (exact) mass is 567 g/mol. The summed E-state index contributed by atoms with van der Waals surface area (Å²) in [5, 5.41) is 0. The van der Waals surface area contributed by atoms with Crippen LogP contribution < -0.4 is 23.8 Å². The first kappa shape index (κ1) is 27.3. The fraction of sp³-hybridized carbons (Fsp3) is 0.273. The van der Waals surface area contributed by atoms with Crippen molar-refractivity contribution in [3.05, 3.63) is 82.9 Å². The number of Topliss-reactive ketones (excluding diaryl/α,β-unsaturated/α-hetero) is 3. The number of anilines is 1. The van der Waals surface area contributed by atoms with Gasteiger partial charge < -0.3 is 23.8 Å². The first-order valence-corrected chi connectivity index (χ1v) is 13.5. The maximum atomic E-state index is 14.7. The maximum Gasteiger partial charge on any atom is 0.308 e. The number of benzene rings is 3. The fourth-order valence-corrected chi connectivity index (χ4v) is 7.03. The number of carbonyl (C=O) groups excluding carboxylic acids is 4. The predicted octanol–water partition coefficient (Wildman–Crippen LogP) is 4.66. The molecule has 9 heteroatoms. The Bertz CT molecular complexity index is 1650. The third-order valence-electron chi connectivity index (χ3n) is 8.50. The summed E-state index contributed by atoms with van der Waals surface area (Å²) >= 11 is 0. The van der Waals surface area contributed by atoms with Gasteiger partial charge in [-0.1, -0.05) is 48.6 Å². The van der Waals surface area contributed by atoms with Crippen molar-refractivity contribution in [1.82, 2.24) is 0 Å². The summed E-state index contributed by atoms with van der Waals surface area (Å²) in [4.78, 5) is 57.1. The third-order valence-corrected chi connectivity index (χ3v) is 8.50. The van der Waals surface area contributed by atoms with Crippen LogP contribution in [0.2, 0.25) is 0 Å². The number of ether oxygens (including phenoxy) is 4. The summed E-state index contributed by atoms with van der Waals surface area (Å²) in [6, 6.07) is 13.5. The molecule has 0 radical (unpaired) electrons. The highest BCUT2D eigenvalue weighted by Crippen LogP contribution is 2.62. The van der Waals surface area contributed by atoms with Gasteiger partial charge in [-0.2, -0.15) is 0 Å². The molecule has 3 aromatic carbocycles. The first-order chi connectivity index (χ1) is 20.2. The Morgan fingerprint density at radius 3 is 1.95 bits per heavy atom. The SMILES string of the molecule is COc1cc([C@H]2[C@H](C(C)=O)N3c4c(cccc4OC(C)=O)C=C[C@@H]3C23C(=O)c2ccccc2C3=O)cc(OC)c1OC. The molecule has 3 aliphatic rings. The van der Waals surface area contributed by atoms with Crippen LogP contribution in [0.4, 0.5) is 5.69 Å². The number of methoxy groups -OCH3 is 3. The van der Waals surface area contributed by atoms with E-state index in [9.17, 15) is 19.2 Å². The molecule has 3 aromatic rings. The molecule has 0 unspecified atom stereocenters. The minimum absolute atomic E-state index is 0.233. The Morgan fingerprint density at radius 1 is 0.810 bits per heavy atom. The second-order valence-electron chi connectivity index (χ2n) is 10.6. The lowest BCUT2D eigenvalue weighted by Crippen LogP contribution is -2.48. The van der Waals surface area contributed by atoms with Gasteiger partial charge in [0.2, 0.25) is 5.75 Å². The fourth-order valence-electron chi connectivity index (χ4n) is 7.03. The van der Waals surface area contributed by atoms with E-state index in [0.29, 0.717) is 45.2 Å². The molecule has 214 valence electrons. The zero-order valence-electron chi connectivity index (χ0n) is 23.8. The Morgan fingerprint density at radius 2 is 1.43 bits per heavy atom. The minimum Gasteiger partial charge on any atom is -0.493 e. The van der Waals surface area contributed by atoms with Gasteiger partial charge in [-0.05, 0) is 30.7 Å². The van der Waals surface area contributed by atoms with Gasteiger partial charge >= 0.3 is 5.97 Å². The van der Waals surface area contributed by atoms with Crippen molar-refractivity contribution in [3.8, 4) is 23.0 Å². The van der Waals surface area contributed by atoms with Crippen molar-refractivity contribution in [2.24, 2.45) is 5.41 Å². The Kier molecular flexibility index (Phi) is 6.40. The van der Waals surface area contributed by atoms with Gasteiger partial charge in [0.25, 0.3) is 0 Å². The molecular weight excluding hydrogens is 538 g/mol. The molecule has 0 bridgehead atoms. The van der Waals surface area contributed by atoms with Crippen LogP contribution in [0, 0.1) is 5.41 Å². The van der Waals surface area contributed by atoms with Crippen LogP contribution in [-0.2, 0) is 9.59 Å². The number of ketones is 3. The summed E-state index contributed by atoms with van der Waals surface area (Å²) in [6.07, 6.45) is 3.61. The largest absolute Gasteiger partial charge is 0.493 e. The van der Waals surface area contributed by atoms with Crippen LogP contribution in [0.25, 0.3) is 6.08 Å². The van der Waals surface area contributed by atoms with Gasteiger partial charge in [0.05, 0.1) is 39.1 Å². The highest BCUT2D eigenvalue weighted by Gasteiger charge is 2.71. The van der Waals surface area contributed by atoms with Crippen LogP contribution in [0.15, 0.2) is 60.7 Å². The molecule has 1 aliphatic carbocycles. The molecule has 0 N–H and O–H groups in total. The van der Waals surface area contributed by atoms with E-state index in [2.05, 4.69) is 0 Å². The van der Waals surface area contributed by atoms with Crippen molar-refractivity contribution < 1.29 is 38.1 Å². The number of hydrogen-bond acceptors (Lipinski definition) is 9. The number of fused-ring (bicyclic) bond motifs is 5. The van der Waals surface area contributed by atoms with Crippen LogP contribution in [0.5, 0.6) is 23.0 Å². The summed E-state index contributed by atoms with van der Waals surface area (Å²) < 4.78 is 22.4. The highest BCUT2D eigenvalue weighted by atomic mass is 16.5. The van der Waals surface area contributed by atoms with Gasteiger partial charge in [-0.3, -0.25) is 19.2 Å². The van der Waals surface area contributed by atoms with Crippen LogP contribution in [-0.4, -0.2) is 56.7 Å². The maximum absolute atomic E-state index is 14.7. The number of esters is 1. The van der Waals surface area contributed by atoms with Crippen molar-refractivity contribution in [1.29, 1.82) is 0 Å². The molecule has 1 saturated heterocycles. The summed E-state index contributed by atoms with van der Waals surface area (Å²) in [6.45, 7) is 2.73. The van der Waals surface area contributed by atoms with Gasteiger partial charge in [-0.25, -0.2) is 0 Å². The second kappa shape index (κ2) is 9.87. The standard InChI is InChI=1S/C33H29NO8/c1-17(35)28-27(20-15-24(39-3)30(41-5)25(16-20)40-4)33(31(37)21-10-6-7-11-22(21)32(33)38)26-14-13-19-9-8-12-23(42-18(2)36)29(19)34(26)28/h6-16,26-28H,1-5H3/t26-,27+,28+/m1/s1. The average Bonchev–Trinajstić information content (AvgIpc) is 3.42. The smallest absolute Gasteiger partial charge is 0.308 e. The van der Waals surface area contributed by atoms with Crippen molar-refractivity contribution >= 4 is 35.1 Å². The molecule has 6 rings (SSSR count). The van der Waals surface area contributed by atoms with Gasteiger partial charge in [-0.15, -0.1) is 0 Å². The molecule has 0 aromatic heterocycles. The molecule has 0 amide bonds. The molecule has 2 aliphatic heterocycles. The van der Waals surface area contributed by atoms with E-state index in [1.54, 1.807) is 59.5 Å². The lowest BCUT2D eigenvalue weighted by atomic mass is 9.64. The normalized spacial score (nSPS) is 21.1. The molecule has 1 spiro atoms. The van der Waals surface area contributed by atoms with Gasteiger partial charge in [0.1, 0.15) is 5.41 Å². The third kappa shape index (κ3) is 3.55. The van der Waals surface area contributed by atoms with Crippen molar-refractivity contribution in [2.45, 2.75) is 31.8 Å². The first-order valence-electron chi connectivity index (χ1n) is 13.5. The van der Waals surface area contributed by atoms with E-state index in [0.717, 1.165) is 0 Å². The lowest BCUT2D eigenvalue weighted by Gasteiger charge is -2.37. The number of para-hydroxylation sites is 1. The zero-order chi connectivity index (χ0) is 29.9. The summed E-state index contributed by atoms with van der Waals surface area (Å²) in [7, 11) is 4.43. The number of hydrogen-bond donors (Lipinski definition) is 0. The average molecular weight is 568 g/mol. The quantitative estimate of drug-likeness (QED) is 0.239. The Hall–Kier alpha value is -4.92. The van der Waals surface area contributed by atoms with E-state index >= 15 is 0 Å². The van der Waals surface area contributed by atoms with Crippen LogP contribution in [0.3, 0.4) is 0 Å². The summed E-state index contributed by atoms with van der Waals surface area (Å²) in [5.74, 6) is -1.32. The molecule has 1 fully saturated rings. The highest BCUT2D eigenvalue weighted by molar-refractivity contribution is 6.32.